The van der Waals surface area contributed by atoms with Crippen LogP contribution < -0.4 is 15.0 Å². The molecule has 1 aliphatic heterocycles. The first-order valence-electron chi connectivity index (χ1n) is 8.76. The molecule has 1 heterocycles. The second-order valence-corrected chi connectivity index (χ2v) is 6.78. The minimum Gasteiger partial charge on any atom is -0.496 e. The van der Waals surface area contributed by atoms with Crippen LogP contribution >= 0.6 is 0 Å². The molecule has 1 aliphatic rings. The first-order valence-corrected chi connectivity index (χ1v) is 8.76. The number of carbonyl (C=O) groups is 2. The molecule has 5 heteroatoms. The SMILES string of the molecule is COc1ccccc1CNC(=O)C1CC(=O)N(c2cc(C)cc(C)c2)C1. The van der Waals surface area contributed by atoms with E-state index in [-0.39, 0.29) is 24.2 Å². The number of benzene rings is 2. The van der Waals surface area contributed by atoms with Gasteiger partial charge in [0, 0.05) is 30.8 Å². The van der Waals surface area contributed by atoms with Crippen molar-refractivity contribution in [1.82, 2.24) is 5.32 Å². The highest BCUT2D eigenvalue weighted by atomic mass is 16.5. The van der Waals surface area contributed by atoms with Gasteiger partial charge in [-0.2, -0.15) is 0 Å². The smallest absolute Gasteiger partial charge is 0.227 e. The molecular formula is C21H24N2O3. The van der Waals surface area contributed by atoms with Crippen LogP contribution in [0, 0.1) is 19.8 Å². The molecule has 1 N–H and O–H groups in total. The van der Waals surface area contributed by atoms with E-state index in [1.807, 2.05) is 50.2 Å². The Bertz CT molecular complexity index is 812. The van der Waals surface area contributed by atoms with Gasteiger partial charge in [-0.05, 0) is 43.2 Å². The summed E-state index contributed by atoms with van der Waals surface area (Å²) in [7, 11) is 1.61. The lowest BCUT2D eigenvalue weighted by Crippen LogP contribution is -2.32. The number of nitrogens with zero attached hydrogens (tertiary/aromatic N) is 1. The second-order valence-electron chi connectivity index (χ2n) is 6.78. The zero-order chi connectivity index (χ0) is 18.7. The van der Waals surface area contributed by atoms with Gasteiger partial charge in [-0.1, -0.05) is 24.3 Å². The summed E-state index contributed by atoms with van der Waals surface area (Å²) in [6, 6.07) is 13.6. The highest BCUT2D eigenvalue weighted by molar-refractivity contribution is 6.00. The molecule has 1 fully saturated rings. The molecule has 1 atom stereocenters. The van der Waals surface area contributed by atoms with Crippen molar-refractivity contribution in [2.45, 2.75) is 26.8 Å². The largest absolute Gasteiger partial charge is 0.496 e. The van der Waals surface area contributed by atoms with Crippen LogP contribution in [-0.2, 0) is 16.1 Å². The van der Waals surface area contributed by atoms with Gasteiger partial charge in [-0.3, -0.25) is 9.59 Å². The number of hydrogen-bond acceptors (Lipinski definition) is 3. The van der Waals surface area contributed by atoms with Gasteiger partial charge in [-0.15, -0.1) is 0 Å². The third-order valence-corrected chi connectivity index (χ3v) is 4.66. The van der Waals surface area contributed by atoms with Crippen molar-refractivity contribution in [3.05, 3.63) is 59.2 Å². The molecule has 26 heavy (non-hydrogen) atoms. The minimum absolute atomic E-state index is 0.00700. The fourth-order valence-electron chi connectivity index (χ4n) is 3.41. The number of anilines is 1. The van der Waals surface area contributed by atoms with Gasteiger partial charge >= 0.3 is 0 Å². The predicted octanol–water partition coefficient (Wildman–Crippen LogP) is 2.98. The number of carbonyl (C=O) groups excluding carboxylic acids is 2. The molecule has 0 bridgehead atoms. The molecule has 0 spiro atoms. The average Bonchev–Trinajstić information content (AvgIpc) is 3.01. The summed E-state index contributed by atoms with van der Waals surface area (Å²) in [4.78, 5) is 26.7. The molecule has 5 nitrogen and oxygen atoms in total. The molecular weight excluding hydrogens is 328 g/mol. The summed E-state index contributed by atoms with van der Waals surface area (Å²) in [6.45, 7) is 4.82. The maximum atomic E-state index is 12.5. The number of para-hydroxylation sites is 1. The van der Waals surface area contributed by atoms with Crippen molar-refractivity contribution >= 4 is 17.5 Å². The molecule has 0 saturated carbocycles. The van der Waals surface area contributed by atoms with Gasteiger partial charge in [0.15, 0.2) is 0 Å². The molecule has 0 radical (unpaired) electrons. The fourth-order valence-corrected chi connectivity index (χ4v) is 3.41. The highest BCUT2D eigenvalue weighted by Gasteiger charge is 2.35. The lowest BCUT2D eigenvalue weighted by atomic mass is 10.1. The van der Waals surface area contributed by atoms with E-state index in [0.29, 0.717) is 13.1 Å². The lowest BCUT2D eigenvalue weighted by Gasteiger charge is -2.18. The van der Waals surface area contributed by atoms with E-state index in [1.54, 1.807) is 12.0 Å². The molecule has 2 aromatic rings. The van der Waals surface area contributed by atoms with E-state index >= 15 is 0 Å². The molecule has 2 aromatic carbocycles. The monoisotopic (exact) mass is 352 g/mol. The van der Waals surface area contributed by atoms with Gasteiger partial charge in [0.05, 0.1) is 13.0 Å². The molecule has 0 aromatic heterocycles. The Morgan fingerprint density at radius 1 is 1.19 bits per heavy atom. The third-order valence-electron chi connectivity index (χ3n) is 4.66. The number of rotatable bonds is 5. The maximum Gasteiger partial charge on any atom is 0.227 e. The van der Waals surface area contributed by atoms with Gasteiger partial charge in [0.1, 0.15) is 5.75 Å². The fraction of sp³-hybridized carbons (Fsp3) is 0.333. The van der Waals surface area contributed by atoms with Crippen molar-refractivity contribution in [2.75, 3.05) is 18.6 Å². The summed E-state index contributed by atoms with van der Waals surface area (Å²) in [5.41, 5.74) is 4.00. The van der Waals surface area contributed by atoms with E-state index < -0.39 is 0 Å². The van der Waals surface area contributed by atoms with Gasteiger partial charge in [0.25, 0.3) is 0 Å². The first kappa shape index (κ1) is 18.0. The van der Waals surface area contributed by atoms with E-state index in [2.05, 4.69) is 11.4 Å². The first-order chi connectivity index (χ1) is 12.5. The topological polar surface area (TPSA) is 58.6 Å². The van der Waals surface area contributed by atoms with E-state index in [9.17, 15) is 9.59 Å². The normalized spacial score (nSPS) is 16.7. The van der Waals surface area contributed by atoms with Crippen LogP contribution in [0.1, 0.15) is 23.1 Å². The van der Waals surface area contributed by atoms with Crippen molar-refractivity contribution in [2.24, 2.45) is 5.92 Å². The molecule has 0 aliphatic carbocycles. The van der Waals surface area contributed by atoms with Gasteiger partial charge in [0.2, 0.25) is 11.8 Å². The number of aryl methyl sites for hydroxylation is 2. The van der Waals surface area contributed by atoms with Crippen LogP contribution in [-0.4, -0.2) is 25.5 Å². The molecule has 1 saturated heterocycles. The van der Waals surface area contributed by atoms with Crippen LogP contribution in [0.15, 0.2) is 42.5 Å². The summed E-state index contributed by atoms with van der Waals surface area (Å²) < 4.78 is 5.30. The number of methoxy groups -OCH3 is 1. The van der Waals surface area contributed by atoms with Crippen molar-refractivity contribution in [3.63, 3.8) is 0 Å². The summed E-state index contributed by atoms with van der Waals surface area (Å²) in [6.07, 6.45) is 0.241. The van der Waals surface area contributed by atoms with E-state index in [0.717, 1.165) is 28.1 Å². The van der Waals surface area contributed by atoms with E-state index in [4.69, 9.17) is 4.74 Å². The average molecular weight is 352 g/mol. The molecule has 136 valence electrons. The second kappa shape index (κ2) is 7.60. The predicted molar refractivity (Wildman–Crippen MR) is 101 cm³/mol. The van der Waals surface area contributed by atoms with E-state index in [1.165, 1.54) is 0 Å². The molecule has 1 unspecified atom stereocenters. The summed E-state index contributed by atoms with van der Waals surface area (Å²) >= 11 is 0. The number of hydrogen-bond donors (Lipinski definition) is 1. The van der Waals surface area contributed by atoms with Crippen molar-refractivity contribution in [3.8, 4) is 5.75 Å². The highest BCUT2D eigenvalue weighted by Crippen LogP contribution is 2.27. The minimum atomic E-state index is -0.335. The van der Waals surface area contributed by atoms with Crippen LogP contribution in [0.2, 0.25) is 0 Å². The molecule has 3 rings (SSSR count). The Balaban J connectivity index is 1.65. The van der Waals surface area contributed by atoms with Crippen LogP contribution in [0.5, 0.6) is 5.75 Å². The summed E-state index contributed by atoms with van der Waals surface area (Å²) in [5, 5.41) is 2.93. The standard InChI is InChI=1S/C21H24N2O3/c1-14-8-15(2)10-18(9-14)23-13-17(11-20(23)24)21(25)22-12-16-6-4-5-7-19(16)26-3/h4-10,17H,11-13H2,1-3H3,(H,22,25). The Morgan fingerprint density at radius 3 is 2.58 bits per heavy atom. The van der Waals surface area contributed by atoms with Crippen molar-refractivity contribution < 1.29 is 14.3 Å². The lowest BCUT2D eigenvalue weighted by molar-refractivity contribution is -0.126. The Morgan fingerprint density at radius 2 is 1.88 bits per heavy atom. The van der Waals surface area contributed by atoms with Crippen LogP contribution in [0.3, 0.4) is 0 Å². The Hall–Kier alpha value is -2.82. The Labute approximate surface area is 154 Å². The molecule has 2 amide bonds. The third kappa shape index (κ3) is 3.87. The quantitative estimate of drug-likeness (QED) is 0.900. The number of nitrogens with one attached hydrogen (secondary N) is 1. The van der Waals surface area contributed by atoms with Crippen LogP contribution in [0.25, 0.3) is 0 Å². The van der Waals surface area contributed by atoms with Crippen molar-refractivity contribution in [1.29, 1.82) is 0 Å². The van der Waals surface area contributed by atoms with Gasteiger partial charge in [-0.25, -0.2) is 0 Å². The van der Waals surface area contributed by atoms with Gasteiger partial charge < -0.3 is 15.0 Å². The summed E-state index contributed by atoms with van der Waals surface area (Å²) in [5.74, 6) is 0.300. The zero-order valence-corrected chi connectivity index (χ0v) is 15.4. The van der Waals surface area contributed by atoms with Crippen LogP contribution in [0.4, 0.5) is 5.69 Å². The number of amides is 2. The maximum absolute atomic E-state index is 12.5. The number of ether oxygens (including phenoxy) is 1. The Kier molecular flexibility index (Phi) is 5.26. The zero-order valence-electron chi connectivity index (χ0n) is 15.4.